The SMILES string of the molecule is NC(=S)NCCCCCNC(=O)O. The Kier molecular flexibility index (Phi) is 6.99. The summed E-state index contributed by atoms with van der Waals surface area (Å²) in [6, 6.07) is 0. The van der Waals surface area contributed by atoms with Crippen LogP contribution < -0.4 is 16.4 Å². The summed E-state index contributed by atoms with van der Waals surface area (Å²) in [4.78, 5) is 10.0. The van der Waals surface area contributed by atoms with Crippen LogP contribution in [0.4, 0.5) is 4.79 Å². The van der Waals surface area contributed by atoms with Crippen LogP contribution in [0, 0.1) is 0 Å². The molecule has 5 N–H and O–H groups in total. The van der Waals surface area contributed by atoms with Crippen LogP contribution in [0.25, 0.3) is 0 Å². The highest BCUT2D eigenvalue weighted by atomic mass is 32.1. The van der Waals surface area contributed by atoms with Crippen molar-refractivity contribution in [2.75, 3.05) is 13.1 Å². The molecule has 76 valence electrons. The molecule has 0 saturated heterocycles. The molecular formula is C7H15N3O2S. The van der Waals surface area contributed by atoms with Crippen molar-refractivity contribution in [1.29, 1.82) is 0 Å². The first-order valence-electron chi connectivity index (χ1n) is 4.13. The van der Waals surface area contributed by atoms with E-state index in [2.05, 4.69) is 22.9 Å². The van der Waals surface area contributed by atoms with Crippen molar-refractivity contribution in [2.45, 2.75) is 19.3 Å². The smallest absolute Gasteiger partial charge is 0.404 e. The molecule has 0 radical (unpaired) electrons. The zero-order valence-electron chi connectivity index (χ0n) is 7.38. The lowest BCUT2D eigenvalue weighted by Crippen LogP contribution is -2.29. The van der Waals surface area contributed by atoms with Gasteiger partial charge in [-0.15, -0.1) is 0 Å². The minimum absolute atomic E-state index is 0.309. The Morgan fingerprint density at radius 2 is 1.77 bits per heavy atom. The molecular weight excluding hydrogens is 190 g/mol. The third-order valence-electron chi connectivity index (χ3n) is 1.43. The van der Waals surface area contributed by atoms with Gasteiger partial charge in [0.25, 0.3) is 0 Å². The zero-order chi connectivity index (χ0) is 10.1. The fourth-order valence-corrected chi connectivity index (χ4v) is 0.936. The van der Waals surface area contributed by atoms with Gasteiger partial charge in [-0.25, -0.2) is 4.79 Å². The molecule has 1 amide bonds. The summed E-state index contributed by atoms with van der Waals surface area (Å²) < 4.78 is 0. The highest BCUT2D eigenvalue weighted by Crippen LogP contribution is 1.91. The van der Waals surface area contributed by atoms with Crippen molar-refractivity contribution in [2.24, 2.45) is 5.73 Å². The van der Waals surface area contributed by atoms with E-state index >= 15 is 0 Å². The Morgan fingerprint density at radius 3 is 2.23 bits per heavy atom. The van der Waals surface area contributed by atoms with Crippen molar-refractivity contribution < 1.29 is 9.90 Å². The summed E-state index contributed by atoms with van der Waals surface area (Å²) in [5.41, 5.74) is 5.20. The Bertz CT molecular complexity index is 157. The van der Waals surface area contributed by atoms with Gasteiger partial charge in [0.05, 0.1) is 0 Å². The van der Waals surface area contributed by atoms with Crippen molar-refractivity contribution in [3.63, 3.8) is 0 Å². The van der Waals surface area contributed by atoms with Gasteiger partial charge >= 0.3 is 6.09 Å². The third-order valence-corrected chi connectivity index (χ3v) is 1.57. The van der Waals surface area contributed by atoms with Crippen LogP contribution in [0.1, 0.15) is 19.3 Å². The summed E-state index contributed by atoms with van der Waals surface area (Å²) in [7, 11) is 0. The molecule has 0 rings (SSSR count). The monoisotopic (exact) mass is 205 g/mol. The number of nitrogens with one attached hydrogen (secondary N) is 2. The van der Waals surface area contributed by atoms with E-state index in [1.54, 1.807) is 0 Å². The lowest BCUT2D eigenvalue weighted by atomic mass is 10.2. The van der Waals surface area contributed by atoms with E-state index in [1.165, 1.54) is 0 Å². The standard InChI is InChI=1S/C7H15N3O2S/c8-6(13)9-4-2-1-3-5-10-7(11)12/h10H,1-5H2,(H,11,12)(H3,8,9,13). The van der Waals surface area contributed by atoms with Crippen LogP contribution in [-0.2, 0) is 0 Å². The Labute approximate surface area is 82.7 Å². The second-order valence-corrected chi connectivity index (χ2v) is 3.02. The van der Waals surface area contributed by atoms with Crippen LogP contribution in [0.3, 0.4) is 0 Å². The van der Waals surface area contributed by atoms with Gasteiger partial charge in [-0.1, -0.05) is 0 Å². The van der Waals surface area contributed by atoms with Crippen LogP contribution in [0.2, 0.25) is 0 Å². The fourth-order valence-electron chi connectivity index (χ4n) is 0.834. The predicted molar refractivity (Wildman–Crippen MR) is 54.7 cm³/mol. The van der Waals surface area contributed by atoms with Crippen molar-refractivity contribution in [3.05, 3.63) is 0 Å². The predicted octanol–water partition coefficient (Wildman–Crippen LogP) is 0.257. The van der Waals surface area contributed by atoms with Crippen molar-refractivity contribution >= 4 is 23.4 Å². The van der Waals surface area contributed by atoms with E-state index in [4.69, 9.17) is 10.8 Å². The first-order chi connectivity index (χ1) is 6.13. The largest absolute Gasteiger partial charge is 0.465 e. The molecule has 0 aliphatic rings. The van der Waals surface area contributed by atoms with E-state index in [0.717, 1.165) is 25.8 Å². The number of unbranched alkanes of at least 4 members (excludes halogenated alkanes) is 2. The molecule has 0 aromatic rings. The maximum absolute atomic E-state index is 10.0. The molecule has 6 heteroatoms. The molecule has 0 aliphatic heterocycles. The van der Waals surface area contributed by atoms with Gasteiger partial charge in [-0.05, 0) is 31.5 Å². The summed E-state index contributed by atoms with van der Waals surface area (Å²) >= 11 is 4.61. The number of thiocarbonyl (C=S) groups is 1. The highest BCUT2D eigenvalue weighted by Gasteiger charge is 1.93. The van der Waals surface area contributed by atoms with Gasteiger partial charge in [-0.3, -0.25) is 0 Å². The van der Waals surface area contributed by atoms with Gasteiger partial charge < -0.3 is 21.5 Å². The summed E-state index contributed by atoms with van der Waals surface area (Å²) in [5, 5.41) is 13.6. The molecule has 0 unspecified atom stereocenters. The summed E-state index contributed by atoms with van der Waals surface area (Å²) in [5.74, 6) is 0. The van der Waals surface area contributed by atoms with E-state index in [9.17, 15) is 4.79 Å². The molecule has 0 heterocycles. The van der Waals surface area contributed by atoms with E-state index in [-0.39, 0.29) is 0 Å². The Hall–Kier alpha value is -1.04. The Morgan fingerprint density at radius 1 is 1.23 bits per heavy atom. The van der Waals surface area contributed by atoms with Gasteiger partial charge in [-0.2, -0.15) is 0 Å². The van der Waals surface area contributed by atoms with Crippen LogP contribution in [-0.4, -0.2) is 29.4 Å². The van der Waals surface area contributed by atoms with Gasteiger partial charge in [0, 0.05) is 13.1 Å². The number of nitrogens with two attached hydrogens (primary N) is 1. The normalized spacial score (nSPS) is 9.23. The molecule has 0 fully saturated rings. The van der Waals surface area contributed by atoms with Crippen LogP contribution in [0.5, 0.6) is 0 Å². The lowest BCUT2D eigenvalue weighted by Gasteiger charge is -2.03. The Balaban J connectivity index is 3.00. The average Bonchev–Trinajstić information content (AvgIpc) is 2.01. The van der Waals surface area contributed by atoms with Gasteiger partial charge in [0.1, 0.15) is 0 Å². The lowest BCUT2D eigenvalue weighted by molar-refractivity contribution is 0.194. The molecule has 0 bridgehead atoms. The number of carboxylic acid groups (broad SMARTS) is 1. The molecule has 0 saturated carbocycles. The molecule has 0 aromatic heterocycles. The molecule has 13 heavy (non-hydrogen) atoms. The zero-order valence-corrected chi connectivity index (χ0v) is 8.19. The number of carbonyl (C=O) groups is 1. The van der Waals surface area contributed by atoms with E-state index < -0.39 is 6.09 Å². The molecule has 5 nitrogen and oxygen atoms in total. The fraction of sp³-hybridized carbons (Fsp3) is 0.714. The minimum atomic E-state index is -0.971. The van der Waals surface area contributed by atoms with Crippen molar-refractivity contribution in [3.8, 4) is 0 Å². The van der Waals surface area contributed by atoms with Crippen LogP contribution >= 0.6 is 12.2 Å². The topological polar surface area (TPSA) is 87.4 Å². The van der Waals surface area contributed by atoms with Crippen LogP contribution in [0.15, 0.2) is 0 Å². The number of hydrogen-bond acceptors (Lipinski definition) is 2. The van der Waals surface area contributed by atoms with Gasteiger partial charge in [0.2, 0.25) is 0 Å². The van der Waals surface area contributed by atoms with Crippen molar-refractivity contribution in [1.82, 2.24) is 10.6 Å². The number of amides is 1. The van der Waals surface area contributed by atoms with E-state index in [1.807, 2.05) is 0 Å². The molecule has 0 atom stereocenters. The second-order valence-electron chi connectivity index (χ2n) is 2.58. The molecule has 0 aliphatic carbocycles. The van der Waals surface area contributed by atoms with E-state index in [0.29, 0.717) is 11.7 Å². The minimum Gasteiger partial charge on any atom is -0.465 e. The maximum atomic E-state index is 10.0. The molecule has 0 aromatic carbocycles. The maximum Gasteiger partial charge on any atom is 0.404 e. The number of hydrogen-bond donors (Lipinski definition) is 4. The first kappa shape index (κ1) is 12.0. The summed E-state index contributed by atoms with van der Waals surface area (Å²) in [6.45, 7) is 1.25. The first-order valence-corrected chi connectivity index (χ1v) is 4.54. The third kappa shape index (κ3) is 11.0. The second kappa shape index (κ2) is 7.60. The highest BCUT2D eigenvalue weighted by molar-refractivity contribution is 7.80. The quantitative estimate of drug-likeness (QED) is 0.369. The number of rotatable bonds is 6. The van der Waals surface area contributed by atoms with Gasteiger partial charge in [0.15, 0.2) is 5.11 Å². The average molecular weight is 205 g/mol. The molecule has 0 spiro atoms. The summed E-state index contributed by atoms with van der Waals surface area (Å²) in [6.07, 6.45) is 1.76.